The monoisotopic (exact) mass is 501 g/mol. The van der Waals surface area contributed by atoms with Crippen LogP contribution in [0.15, 0.2) is 36.9 Å². The molecule has 1 aliphatic rings. The van der Waals surface area contributed by atoms with Gasteiger partial charge in [0.2, 0.25) is 5.95 Å². The van der Waals surface area contributed by atoms with Gasteiger partial charge in [-0.3, -0.25) is 4.79 Å². The van der Waals surface area contributed by atoms with Crippen LogP contribution in [0.4, 0.5) is 19.1 Å². The molecule has 0 bridgehead atoms. The third-order valence-electron chi connectivity index (χ3n) is 6.69. The molecule has 0 radical (unpaired) electrons. The maximum atomic E-state index is 13.0. The molecule has 36 heavy (non-hydrogen) atoms. The van der Waals surface area contributed by atoms with Gasteiger partial charge in [-0.2, -0.15) is 23.3 Å². The van der Waals surface area contributed by atoms with E-state index in [9.17, 15) is 18.0 Å². The summed E-state index contributed by atoms with van der Waals surface area (Å²) < 4.78 is 45.6. The number of anilines is 1. The number of nitrogens with one attached hydrogen (secondary N) is 3. The molecule has 1 atom stereocenters. The maximum Gasteiger partial charge on any atom is 0.408 e. The molecule has 12 heteroatoms. The summed E-state index contributed by atoms with van der Waals surface area (Å²) in [5.74, 6) is -0.301. The predicted molar refractivity (Wildman–Crippen MR) is 128 cm³/mol. The van der Waals surface area contributed by atoms with Crippen LogP contribution in [-0.2, 0) is 4.74 Å². The number of pyridine rings is 1. The van der Waals surface area contributed by atoms with Gasteiger partial charge >= 0.3 is 6.18 Å². The van der Waals surface area contributed by atoms with Crippen molar-refractivity contribution in [2.45, 2.75) is 57.0 Å². The molecule has 0 spiro atoms. The number of alkyl halides is 3. The number of aromatic amines is 1. The lowest BCUT2D eigenvalue weighted by Crippen LogP contribution is -2.38. The molecular formula is C24H26F3N7O2. The van der Waals surface area contributed by atoms with Crippen molar-refractivity contribution in [2.75, 3.05) is 12.4 Å². The van der Waals surface area contributed by atoms with E-state index in [4.69, 9.17) is 4.74 Å². The molecule has 0 saturated heterocycles. The zero-order valence-electron chi connectivity index (χ0n) is 19.8. The molecule has 1 amide bonds. The molecule has 1 saturated carbocycles. The predicted octanol–water partition coefficient (Wildman–Crippen LogP) is 4.32. The summed E-state index contributed by atoms with van der Waals surface area (Å²) in [6, 6.07) is 2.00. The fourth-order valence-electron chi connectivity index (χ4n) is 4.52. The number of fused-ring (bicyclic) bond motifs is 2. The highest BCUT2D eigenvalue weighted by molar-refractivity contribution is 6.02. The van der Waals surface area contributed by atoms with Crippen LogP contribution in [0.5, 0.6) is 0 Å². The van der Waals surface area contributed by atoms with Gasteiger partial charge in [-0.25, -0.2) is 9.50 Å². The van der Waals surface area contributed by atoms with Crippen LogP contribution in [0.2, 0.25) is 0 Å². The Bertz CT molecular complexity index is 1390. The van der Waals surface area contributed by atoms with Crippen LogP contribution >= 0.6 is 0 Å². The topological polar surface area (TPSA) is 109 Å². The molecule has 3 N–H and O–H groups in total. The number of hydrogen-bond donors (Lipinski definition) is 3. The van der Waals surface area contributed by atoms with E-state index in [1.165, 1.54) is 6.20 Å². The van der Waals surface area contributed by atoms with E-state index in [1.54, 1.807) is 30.2 Å². The van der Waals surface area contributed by atoms with Gasteiger partial charge in [0.05, 0.1) is 23.4 Å². The van der Waals surface area contributed by atoms with Crippen molar-refractivity contribution in [3.05, 3.63) is 42.5 Å². The highest BCUT2D eigenvalue weighted by Gasteiger charge is 2.36. The van der Waals surface area contributed by atoms with Crippen molar-refractivity contribution in [2.24, 2.45) is 0 Å². The minimum Gasteiger partial charge on any atom is -0.381 e. The Kier molecular flexibility index (Phi) is 6.29. The first kappa shape index (κ1) is 24.0. The lowest BCUT2D eigenvalue weighted by molar-refractivity contribution is -0.138. The van der Waals surface area contributed by atoms with Crippen molar-refractivity contribution in [1.82, 2.24) is 29.9 Å². The lowest BCUT2D eigenvalue weighted by Gasteiger charge is -2.28. The average Bonchev–Trinajstić information content (AvgIpc) is 3.47. The fourth-order valence-corrected chi connectivity index (χ4v) is 4.52. The Hall–Kier alpha value is -3.67. The van der Waals surface area contributed by atoms with E-state index in [-0.39, 0.29) is 24.0 Å². The van der Waals surface area contributed by atoms with Gasteiger partial charge in [-0.15, -0.1) is 0 Å². The first-order valence-corrected chi connectivity index (χ1v) is 11.7. The largest absolute Gasteiger partial charge is 0.408 e. The summed E-state index contributed by atoms with van der Waals surface area (Å²) in [5, 5.41) is 10.3. The number of hydrogen-bond acceptors (Lipinski definition) is 6. The zero-order chi connectivity index (χ0) is 25.4. The molecule has 4 aromatic rings. The molecule has 4 aromatic heterocycles. The van der Waals surface area contributed by atoms with Gasteiger partial charge in [-0.1, -0.05) is 0 Å². The summed E-state index contributed by atoms with van der Waals surface area (Å²) in [6.45, 7) is 1.01. The average molecular weight is 502 g/mol. The van der Waals surface area contributed by atoms with E-state index in [1.807, 2.05) is 12.1 Å². The zero-order valence-corrected chi connectivity index (χ0v) is 19.8. The summed E-state index contributed by atoms with van der Waals surface area (Å²) >= 11 is 0. The number of ether oxygens (including phenoxy) is 1. The molecule has 0 aromatic carbocycles. The number of rotatable bonds is 6. The minimum absolute atomic E-state index is 0.0932. The Morgan fingerprint density at radius 1 is 1.25 bits per heavy atom. The first-order valence-electron chi connectivity index (χ1n) is 11.7. The quantitative estimate of drug-likeness (QED) is 0.363. The third kappa shape index (κ3) is 4.72. The lowest BCUT2D eigenvalue weighted by atomic mass is 9.93. The van der Waals surface area contributed by atoms with Gasteiger partial charge in [-0.05, 0) is 50.3 Å². The number of carbonyl (C=O) groups is 1. The Labute approximate surface area is 204 Å². The second-order valence-corrected chi connectivity index (χ2v) is 9.05. The highest BCUT2D eigenvalue weighted by atomic mass is 19.4. The molecule has 190 valence electrons. The van der Waals surface area contributed by atoms with Crippen molar-refractivity contribution < 1.29 is 22.7 Å². The molecule has 5 rings (SSSR count). The number of carbonyl (C=O) groups excluding carboxylic acids is 1. The Morgan fingerprint density at radius 2 is 2.03 bits per heavy atom. The van der Waals surface area contributed by atoms with Crippen molar-refractivity contribution >= 4 is 28.4 Å². The molecule has 0 unspecified atom stereocenters. The van der Waals surface area contributed by atoms with E-state index >= 15 is 0 Å². The SMILES string of the molecule is CO[C@H]1CC[C@H](NC(=O)c2cnn3ccc(-c4c[nH]c5nc(N[C@H](C)C(F)(F)F)ncc45)cc23)CC1. The summed E-state index contributed by atoms with van der Waals surface area (Å²) in [4.78, 5) is 24.3. The van der Waals surface area contributed by atoms with Crippen LogP contribution in [0, 0.1) is 0 Å². The molecule has 1 fully saturated rings. The van der Waals surface area contributed by atoms with E-state index in [0.717, 1.165) is 43.7 Å². The van der Waals surface area contributed by atoms with E-state index in [0.29, 0.717) is 22.1 Å². The number of halogens is 3. The first-order chi connectivity index (χ1) is 17.2. The number of amides is 1. The van der Waals surface area contributed by atoms with Crippen LogP contribution in [-0.4, -0.2) is 61.9 Å². The standard InChI is InChI=1S/C24H26F3N7O2/c1-13(24(25,26)27)31-23-29-11-18-17(10-28-21(18)33-23)14-7-8-34-20(9-14)19(12-30-34)22(35)32-15-3-5-16(36-2)6-4-15/h7-13,15-16H,3-6H2,1-2H3,(H,32,35)(H2,28,29,31,33)/t13-,15-,16-/m1/s1. The van der Waals surface area contributed by atoms with Crippen molar-refractivity contribution in [3.63, 3.8) is 0 Å². The molecular weight excluding hydrogens is 475 g/mol. The van der Waals surface area contributed by atoms with Gasteiger partial charge in [0, 0.05) is 42.7 Å². The van der Waals surface area contributed by atoms with Crippen molar-refractivity contribution in [1.29, 1.82) is 0 Å². The van der Waals surface area contributed by atoms with Gasteiger partial charge in [0.1, 0.15) is 11.7 Å². The third-order valence-corrected chi connectivity index (χ3v) is 6.69. The number of H-pyrrole nitrogens is 1. The normalized spacial score (nSPS) is 19.5. The van der Waals surface area contributed by atoms with Crippen LogP contribution in [0.25, 0.3) is 27.7 Å². The van der Waals surface area contributed by atoms with Crippen LogP contribution in [0.1, 0.15) is 43.0 Å². The molecule has 1 aliphatic carbocycles. The Balaban J connectivity index is 1.38. The van der Waals surface area contributed by atoms with Crippen LogP contribution in [0.3, 0.4) is 0 Å². The second-order valence-electron chi connectivity index (χ2n) is 9.05. The second kappa shape index (κ2) is 9.41. The minimum atomic E-state index is -4.41. The number of methoxy groups -OCH3 is 1. The van der Waals surface area contributed by atoms with E-state index < -0.39 is 12.2 Å². The smallest absolute Gasteiger partial charge is 0.381 e. The fraction of sp³-hybridized carbons (Fsp3) is 0.417. The van der Waals surface area contributed by atoms with Gasteiger partial charge in [0.15, 0.2) is 0 Å². The maximum absolute atomic E-state index is 13.0. The highest BCUT2D eigenvalue weighted by Crippen LogP contribution is 2.30. The van der Waals surface area contributed by atoms with Gasteiger partial charge < -0.3 is 20.4 Å². The van der Waals surface area contributed by atoms with E-state index in [2.05, 4.69) is 30.7 Å². The molecule has 4 heterocycles. The number of nitrogens with zero attached hydrogens (tertiary/aromatic N) is 4. The molecule has 9 nitrogen and oxygen atoms in total. The Morgan fingerprint density at radius 3 is 2.75 bits per heavy atom. The molecule has 0 aliphatic heterocycles. The van der Waals surface area contributed by atoms with Crippen molar-refractivity contribution in [3.8, 4) is 11.1 Å². The van der Waals surface area contributed by atoms with Crippen LogP contribution < -0.4 is 10.6 Å². The summed E-state index contributed by atoms with van der Waals surface area (Å²) in [7, 11) is 1.71. The summed E-state index contributed by atoms with van der Waals surface area (Å²) in [5.41, 5.74) is 3.05. The van der Waals surface area contributed by atoms with Gasteiger partial charge in [0.25, 0.3) is 5.91 Å². The summed E-state index contributed by atoms with van der Waals surface area (Å²) in [6.07, 6.45) is 5.89. The number of aromatic nitrogens is 5.